The van der Waals surface area contributed by atoms with Crippen molar-refractivity contribution < 1.29 is 52.5 Å². The van der Waals surface area contributed by atoms with E-state index in [1.165, 1.54) is 0 Å². The van der Waals surface area contributed by atoms with Crippen molar-refractivity contribution >= 4 is 5.97 Å². The monoisotopic (exact) mass is 729 g/mol. The van der Waals surface area contributed by atoms with Crippen molar-refractivity contribution in [1.29, 1.82) is 0 Å². The van der Waals surface area contributed by atoms with Crippen molar-refractivity contribution in [3.8, 4) is 5.75 Å². The minimum absolute atomic E-state index is 0.00509. The molecule has 0 saturated heterocycles. The Balaban J connectivity index is 1.52. The van der Waals surface area contributed by atoms with Crippen molar-refractivity contribution in [2.75, 3.05) is 119 Å². The third-order valence-corrected chi connectivity index (χ3v) is 7.59. The van der Waals surface area contributed by atoms with Crippen LogP contribution in [0.15, 0.2) is 91.1 Å². The zero-order valence-electron chi connectivity index (χ0n) is 31.0. The van der Waals surface area contributed by atoms with Gasteiger partial charge in [0.15, 0.2) is 0 Å². The molecule has 0 radical (unpaired) electrons. The fourth-order valence-corrected chi connectivity index (χ4v) is 5.06. The second kappa shape index (κ2) is 30.1. The molecule has 0 aliphatic heterocycles. The predicted molar refractivity (Wildman–Crippen MR) is 200 cm³/mol. The third kappa shape index (κ3) is 18.9. The lowest BCUT2D eigenvalue weighted by atomic mass is 9.76. The van der Waals surface area contributed by atoms with Gasteiger partial charge in [-0.25, -0.2) is 0 Å². The van der Waals surface area contributed by atoms with E-state index in [-0.39, 0.29) is 13.0 Å². The van der Waals surface area contributed by atoms with Gasteiger partial charge in [0, 0.05) is 6.54 Å². The van der Waals surface area contributed by atoms with Gasteiger partial charge in [0.2, 0.25) is 0 Å². The number of methoxy groups -OCH3 is 1. The van der Waals surface area contributed by atoms with Crippen LogP contribution in [0, 0.1) is 0 Å². The first-order valence-corrected chi connectivity index (χ1v) is 17.8. The number of aliphatic carboxylic acids is 1. The van der Waals surface area contributed by atoms with Gasteiger partial charge in [-0.1, -0.05) is 73.3 Å². The second-order valence-electron chi connectivity index (χ2n) is 11.2. The van der Waals surface area contributed by atoms with E-state index in [1.54, 1.807) is 13.2 Å². The quantitative estimate of drug-likeness (QED) is 0.0756. The number of nitrogens with one attached hydrogen (secondary N) is 1. The van der Waals surface area contributed by atoms with Crippen molar-refractivity contribution in [3.63, 3.8) is 0 Å². The summed E-state index contributed by atoms with van der Waals surface area (Å²) in [5.74, 6) is -0.0752. The zero-order chi connectivity index (χ0) is 37.4. The number of rotatable bonds is 34. The fraction of sp³-hybridized carbons (Fsp3) is 0.525. The molecular weight excluding hydrogens is 670 g/mol. The third-order valence-electron chi connectivity index (χ3n) is 7.59. The SMILES string of the molecule is C=C/C=C\C(=C/C)[C@@](NCCOCCOCCOCCOCCOCCOCCOCCOCCC(=O)O)(c1ccccc1)c1ccc(OC)cc1. The summed E-state index contributed by atoms with van der Waals surface area (Å²) in [6, 6.07) is 18.6. The Morgan fingerprint density at radius 1 is 0.654 bits per heavy atom. The molecule has 12 nitrogen and oxygen atoms in total. The standard InChI is InChI=1S/C40H59NO11/c1-4-6-10-35(5-2)40(36-11-8-7-9-12-36,37-13-15-38(44-3)16-14-37)41-18-20-46-22-24-48-26-28-50-30-32-52-34-33-51-31-29-49-27-25-47-23-21-45-19-17-39(42)43/h4-16,41H,1,17-34H2,2-3H3,(H,42,43)/b10-6-,35-5+/t40-/m1/s1. The van der Waals surface area contributed by atoms with Gasteiger partial charge in [0.25, 0.3) is 0 Å². The average Bonchev–Trinajstić information content (AvgIpc) is 3.17. The van der Waals surface area contributed by atoms with Crippen LogP contribution in [0.3, 0.4) is 0 Å². The van der Waals surface area contributed by atoms with Crippen LogP contribution >= 0.6 is 0 Å². The van der Waals surface area contributed by atoms with Crippen LogP contribution in [0.1, 0.15) is 24.5 Å². The Morgan fingerprint density at radius 2 is 1.08 bits per heavy atom. The van der Waals surface area contributed by atoms with E-state index in [9.17, 15) is 4.79 Å². The Labute approximate surface area is 309 Å². The molecule has 0 bridgehead atoms. The molecule has 2 rings (SSSR count). The molecule has 52 heavy (non-hydrogen) atoms. The maximum Gasteiger partial charge on any atom is 0.305 e. The highest BCUT2D eigenvalue weighted by Gasteiger charge is 2.36. The molecule has 0 saturated carbocycles. The molecule has 2 aromatic rings. The Kier molecular flexibility index (Phi) is 25.9. The van der Waals surface area contributed by atoms with E-state index in [1.807, 2.05) is 31.2 Å². The summed E-state index contributed by atoms with van der Waals surface area (Å²) in [6.07, 6.45) is 7.94. The highest BCUT2D eigenvalue weighted by molar-refractivity contribution is 5.66. The molecule has 290 valence electrons. The number of carbonyl (C=O) groups is 1. The molecule has 2 aromatic carbocycles. The van der Waals surface area contributed by atoms with Crippen molar-refractivity contribution in [3.05, 3.63) is 102 Å². The Morgan fingerprint density at radius 3 is 1.48 bits per heavy atom. The number of allylic oxidation sites excluding steroid dienone is 3. The van der Waals surface area contributed by atoms with Gasteiger partial charge in [-0.15, -0.1) is 0 Å². The summed E-state index contributed by atoms with van der Waals surface area (Å²) < 4.78 is 49.5. The first kappa shape index (κ1) is 44.7. The summed E-state index contributed by atoms with van der Waals surface area (Å²) in [5, 5.41) is 12.3. The average molecular weight is 730 g/mol. The van der Waals surface area contributed by atoms with E-state index in [0.717, 1.165) is 22.4 Å². The Bertz CT molecular complexity index is 1240. The van der Waals surface area contributed by atoms with Gasteiger partial charge in [0.05, 0.1) is 125 Å². The van der Waals surface area contributed by atoms with Gasteiger partial charge in [-0.3, -0.25) is 10.1 Å². The lowest BCUT2D eigenvalue weighted by Crippen LogP contribution is -2.46. The summed E-state index contributed by atoms with van der Waals surface area (Å²) in [6.45, 7) is 13.6. The van der Waals surface area contributed by atoms with E-state index in [0.29, 0.717) is 106 Å². The van der Waals surface area contributed by atoms with Crippen LogP contribution < -0.4 is 10.1 Å². The first-order valence-electron chi connectivity index (χ1n) is 17.8. The second-order valence-corrected chi connectivity index (χ2v) is 11.2. The molecule has 2 N–H and O–H groups in total. The Hall–Kier alpha value is -3.43. The molecule has 1 atom stereocenters. The number of hydrogen-bond donors (Lipinski definition) is 2. The normalized spacial score (nSPS) is 13.0. The van der Waals surface area contributed by atoms with Crippen LogP contribution in [0.2, 0.25) is 0 Å². The topological polar surface area (TPSA) is 132 Å². The number of hydrogen-bond acceptors (Lipinski definition) is 11. The maximum absolute atomic E-state index is 10.4. The smallest absolute Gasteiger partial charge is 0.305 e. The lowest BCUT2D eigenvalue weighted by molar-refractivity contribution is -0.138. The molecular formula is C40H59NO11. The molecule has 0 unspecified atom stereocenters. The highest BCUT2D eigenvalue weighted by atomic mass is 16.6. The zero-order valence-corrected chi connectivity index (χ0v) is 31.0. The number of ether oxygens (including phenoxy) is 9. The van der Waals surface area contributed by atoms with E-state index >= 15 is 0 Å². The van der Waals surface area contributed by atoms with Crippen molar-refractivity contribution in [1.82, 2.24) is 5.32 Å². The van der Waals surface area contributed by atoms with Crippen LogP contribution in [-0.2, 0) is 48.2 Å². The number of carboxylic acid groups (broad SMARTS) is 1. The van der Waals surface area contributed by atoms with Gasteiger partial charge in [0.1, 0.15) is 5.75 Å². The largest absolute Gasteiger partial charge is 0.497 e. The van der Waals surface area contributed by atoms with Gasteiger partial charge in [-0.05, 0) is 35.8 Å². The maximum atomic E-state index is 10.4. The minimum Gasteiger partial charge on any atom is -0.497 e. The van der Waals surface area contributed by atoms with Crippen molar-refractivity contribution in [2.45, 2.75) is 18.9 Å². The summed E-state index contributed by atoms with van der Waals surface area (Å²) in [7, 11) is 1.67. The van der Waals surface area contributed by atoms with Gasteiger partial charge >= 0.3 is 5.97 Å². The molecule has 0 heterocycles. The van der Waals surface area contributed by atoms with Gasteiger partial charge in [-0.2, -0.15) is 0 Å². The fourth-order valence-electron chi connectivity index (χ4n) is 5.06. The summed E-state index contributed by atoms with van der Waals surface area (Å²) in [5.41, 5.74) is 2.67. The first-order chi connectivity index (χ1) is 25.6. The van der Waals surface area contributed by atoms with Crippen LogP contribution in [-0.4, -0.2) is 130 Å². The molecule has 0 aliphatic carbocycles. The number of benzene rings is 2. The van der Waals surface area contributed by atoms with Crippen molar-refractivity contribution in [2.24, 2.45) is 0 Å². The summed E-state index contributed by atoms with van der Waals surface area (Å²) >= 11 is 0. The molecule has 0 spiro atoms. The number of carboxylic acids is 1. The highest BCUT2D eigenvalue weighted by Crippen LogP contribution is 2.38. The molecule has 0 aliphatic rings. The molecule has 0 amide bonds. The molecule has 0 aromatic heterocycles. The van der Waals surface area contributed by atoms with Crippen LogP contribution in [0.4, 0.5) is 0 Å². The van der Waals surface area contributed by atoms with E-state index < -0.39 is 11.5 Å². The summed E-state index contributed by atoms with van der Waals surface area (Å²) in [4.78, 5) is 10.4. The minimum atomic E-state index is -0.875. The lowest BCUT2D eigenvalue weighted by Gasteiger charge is -2.38. The van der Waals surface area contributed by atoms with Crippen LogP contribution in [0.5, 0.6) is 5.75 Å². The van der Waals surface area contributed by atoms with E-state index in [4.69, 9.17) is 47.7 Å². The van der Waals surface area contributed by atoms with Gasteiger partial charge < -0.3 is 47.7 Å². The molecule has 12 heteroatoms. The molecule has 0 fully saturated rings. The van der Waals surface area contributed by atoms with E-state index in [2.05, 4.69) is 60.4 Å². The predicted octanol–water partition coefficient (Wildman–Crippen LogP) is 4.82. The van der Waals surface area contributed by atoms with Crippen LogP contribution in [0.25, 0.3) is 0 Å².